The number of carbonyl (C=O) groups is 2. The van der Waals surface area contributed by atoms with Gasteiger partial charge in [0, 0.05) is 37.8 Å². The molecule has 4 rings (SSSR count). The summed E-state index contributed by atoms with van der Waals surface area (Å²) in [6.07, 6.45) is 1.24. The highest BCUT2D eigenvalue weighted by molar-refractivity contribution is 5.92. The molecule has 7 nitrogen and oxygen atoms in total. The van der Waals surface area contributed by atoms with E-state index in [1.807, 2.05) is 23.1 Å². The second-order valence-corrected chi connectivity index (χ2v) is 8.53. The molecule has 1 aromatic rings. The van der Waals surface area contributed by atoms with Gasteiger partial charge in [-0.25, -0.2) is 0 Å². The normalized spacial score (nSPS) is 34.9. The van der Waals surface area contributed by atoms with Gasteiger partial charge in [0.2, 0.25) is 11.8 Å². The van der Waals surface area contributed by atoms with Gasteiger partial charge in [0.05, 0.1) is 12.1 Å². The third kappa shape index (κ3) is 3.03. The molecule has 0 radical (unpaired) electrons. The fraction of sp³-hybridized carbons (Fsp3) is 0.600. The average molecular weight is 373 g/mol. The zero-order chi connectivity index (χ0) is 19.3. The van der Waals surface area contributed by atoms with Crippen LogP contribution in [-0.4, -0.2) is 71.2 Å². The summed E-state index contributed by atoms with van der Waals surface area (Å²) in [5.74, 6) is -0.503. The Bertz CT molecular complexity index is 769. The zero-order valence-corrected chi connectivity index (χ0v) is 15.8. The van der Waals surface area contributed by atoms with Gasteiger partial charge in [0.25, 0.3) is 0 Å². The third-order valence-corrected chi connectivity index (χ3v) is 6.47. The minimum atomic E-state index is -0.570. The molecule has 27 heavy (non-hydrogen) atoms. The molecule has 3 bridgehead atoms. The molecule has 1 aromatic carbocycles. The van der Waals surface area contributed by atoms with Crippen LogP contribution in [0.25, 0.3) is 0 Å². The number of primary amides is 1. The molecule has 0 aliphatic carbocycles. The highest BCUT2D eigenvalue weighted by atomic mass is 16.5. The predicted octanol–water partition coefficient (Wildman–Crippen LogP) is 0.357. The van der Waals surface area contributed by atoms with Gasteiger partial charge in [0.1, 0.15) is 6.61 Å². The van der Waals surface area contributed by atoms with Crippen molar-refractivity contribution in [3.05, 3.63) is 35.4 Å². The Hall–Kier alpha value is -1.96. The number of benzene rings is 1. The van der Waals surface area contributed by atoms with Crippen molar-refractivity contribution < 1.29 is 19.4 Å². The highest BCUT2D eigenvalue weighted by Crippen LogP contribution is 2.52. The fourth-order valence-corrected chi connectivity index (χ4v) is 5.43. The van der Waals surface area contributed by atoms with Gasteiger partial charge in [-0.05, 0) is 36.0 Å². The molecule has 3 N–H and O–H groups in total. The monoisotopic (exact) mass is 373 g/mol. The van der Waals surface area contributed by atoms with Gasteiger partial charge in [0.15, 0.2) is 0 Å². The van der Waals surface area contributed by atoms with Crippen molar-refractivity contribution in [1.29, 1.82) is 0 Å². The maximum atomic E-state index is 12.6. The highest BCUT2D eigenvalue weighted by Gasteiger charge is 2.62. The number of aliphatic hydroxyl groups excluding tert-OH is 1. The van der Waals surface area contributed by atoms with Gasteiger partial charge < -0.3 is 20.5 Å². The van der Waals surface area contributed by atoms with E-state index in [-0.39, 0.29) is 36.1 Å². The van der Waals surface area contributed by atoms with E-state index in [9.17, 15) is 14.7 Å². The molecule has 2 amide bonds. The molecule has 0 spiro atoms. The Morgan fingerprint density at radius 1 is 1.33 bits per heavy atom. The van der Waals surface area contributed by atoms with Crippen molar-refractivity contribution in [2.24, 2.45) is 11.1 Å². The van der Waals surface area contributed by atoms with E-state index >= 15 is 0 Å². The van der Waals surface area contributed by atoms with Crippen LogP contribution in [0, 0.1) is 5.41 Å². The summed E-state index contributed by atoms with van der Waals surface area (Å²) in [4.78, 5) is 28.2. The number of fused-ring (bicyclic) bond motifs is 2. The molecule has 5 atom stereocenters. The molecule has 0 aromatic heterocycles. The van der Waals surface area contributed by atoms with Crippen LogP contribution >= 0.6 is 0 Å². The Kier molecular flexibility index (Phi) is 4.49. The van der Waals surface area contributed by atoms with Crippen LogP contribution in [0.4, 0.5) is 0 Å². The first-order chi connectivity index (χ1) is 12.8. The van der Waals surface area contributed by atoms with Crippen LogP contribution in [0.15, 0.2) is 24.3 Å². The lowest BCUT2D eigenvalue weighted by Crippen LogP contribution is -2.61. The Balaban J connectivity index is 1.62. The average Bonchev–Trinajstić information content (AvgIpc) is 2.74. The van der Waals surface area contributed by atoms with E-state index in [1.54, 1.807) is 6.07 Å². The lowest BCUT2D eigenvalue weighted by atomic mass is 9.73. The quantitative estimate of drug-likeness (QED) is 0.777. The van der Waals surface area contributed by atoms with Crippen molar-refractivity contribution in [2.45, 2.75) is 50.5 Å². The van der Waals surface area contributed by atoms with E-state index < -0.39 is 12.0 Å². The summed E-state index contributed by atoms with van der Waals surface area (Å²) in [6, 6.07) is 7.25. The SMILES string of the molecule is COCC(=O)N1CC2(C)CC3C1[C@@H](O)[C@H](C2)N3Cc1cccc(C(N)=O)c1. The predicted molar refractivity (Wildman–Crippen MR) is 98.8 cm³/mol. The number of hydrogen-bond acceptors (Lipinski definition) is 5. The van der Waals surface area contributed by atoms with Crippen molar-refractivity contribution in [2.75, 3.05) is 20.3 Å². The lowest BCUT2D eigenvalue weighted by molar-refractivity contribution is -0.146. The summed E-state index contributed by atoms with van der Waals surface area (Å²) in [5, 5.41) is 11.0. The smallest absolute Gasteiger partial charge is 0.248 e. The topological polar surface area (TPSA) is 96.1 Å². The molecule has 3 unspecified atom stereocenters. The van der Waals surface area contributed by atoms with Gasteiger partial charge >= 0.3 is 0 Å². The maximum absolute atomic E-state index is 12.6. The number of hydrogen-bond donors (Lipinski definition) is 2. The number of carbonyl (C=O) groups excluding carboxylic acids is 2. The first-order valence-electron chi connectivity index (χ1n) is 9.44. The number of piperidine rings is 2. The Morgan fingerprint density at radius 3 is 2.78 bits per heavy atom. The molecule has 3 aliphatic heterocycles. The van der Waals surface area contributed by atoms with Crippen molar-refractivity contribution in [3.8, 4) is 0 Å². The fourth-order valence-electron chi connectivity index (χ4n) is 5.43. The van der Waals surface area contributed by atoms with Crippen molar-refractivity contribution >= 4 is 11.8 Å². The molecule has 3 saturated heterocycles. The Morgan fingerprint density at radius 2 is 2.07 bits per heavy atom. The zero-order valence-electron chi connectivity index (χ0n) is 15.8. The second kappa shape index (κ2) is 6.58. The first kappa shape index (κ1) is 18.4. The number of amides is 2. The summed E-state index contributed by atoms with van der Waals surface area (Å²) in [7, 11) is 1.52. The summed E-state index contributed by atoms with van der Waals surface area (Å²) < 4.78 is 5.05. The van der Waals surface area contributed by atoms with E-state index in [2.05, 4.69) is 11.8 Å². The molecular formula is C20H27N3O4. The Labute approximate surface area is 159 Å². The summed E-state index contributed by atoms with van der Waals surface area (Å²) >= 11 is 0. The van der Waals surface area contributed by atoms with Gasteiger partial charge in [-0.2, -0.15) is 0 Å². The van der Waals surface area contributed by atoms with E-state index in [4.69, 9.17) is 10.5 Å². The standard InChI is InChI=1S/C20H27N3O4/c1-20-7-14-17(23(11-20)16(24)10-27-2)18(25)15(8-20)22(14)9-12-4-3-5-13(6-12)19(21)26/h3-6,14-15,17-18,25H,7-11H2,1-2H3,(H2,21,26)/t14?,15-,17?,18-,20?/m0/s1. The molecule has 3 aliphatic rings. The third-order valence-electron chi connectivity index (χ3n) is 6.47. The van der Waals surface area contributed by atoms with Crippen LogP contribution < -0.4 is 5.73 Å². The van der Waals surface area contributed by atoms with Crippen molar-refractivity contribution in [1.82, 2.24) is 9.80 Å². The maximum Gasteiger partial charge on any atom is 0.248 e. The molecule has 0 saturated carbocycles. The number of likely N-dealkylation sites (tertiary alicyclic amines) is 1. The number of aliphatic hydroxyl groups is 1. The number of ether oxygens (including phenoxy) is 1. The van der Waals surface area contributed by atoms with Crippen molar-refractivity contribution in [3.63, 3.8) is 0 Å². The van der Waals surface area contributed by atoms with Crippen LogP contribution in [0.5, 0.6) is 0 Å². The molecule has 3 fully saturated rings. The number of methoxy groups -OCH3 is 1. The number of nitrogens with two attached hydrogens (primary N) is 1. The van der Waals surface area contributed by atoms with Gasteiger partial charge in [-0.3, -0.25) is 14.5 Å². The first-order valence-corrected chi connectivity index (χ1v) is 9.44. The van der Waals surface area contributed by atoms with Gasteiger partial charge in [-0.1, -0.05) is 19.1 Å². The summed E-state index contributed by atoms with van der Waals surface area (Å²) in [6.45, 7) is 3.55. The van der Waals surface area contributed by atoms with E-state index in [1.165, 1.54) is 7.11 Å². The van der Waals surface area contributed by atoms with Crippen LogP contribution in [-0.2, 0) is 16.1 Å². The van der Waals surface area contributed by atoms with Crippen LogP contribution in [0.1, 0.15) is 35.7 Å². The summed E-state index contributed by atoms with van der Waals surface area (Å²) in [5.41, 5.74) is 6.90. The molecule has 3 heterocycles. The van der Waals surface area contributed by atoms with E-state index in [0.717, 1.165) is 18.4 Å². The number of rotatable bonds is 5. The molecule has 146 valence electrons. The molecule has 7 heteroatoms. The molecular weight excluding hydrogens is 346 g/mol. The minimum absolute atomic E-state index is 0.0105. The largest absolute Gasteiger partial charge is 0.389 e. The second-order valence-electron chi connectivity index (χ2n) is 8.53. The van der Waals surface area contributed by atoms with Gasteiger partial charge in [-0.15, -0.1) is 0 Å². The minimum Gasteiger partial charge on any atom is -0.389 e. The number of nitrogens with zero attached hydrogens (tertiary/aromatic N) is 2. The lowest BCUT2D eigenvalue weighted by Gasteiger charge is -2.52. The van der Waals surface area contributed by atoms with Crippen LogP contribution in [0.3, 0.4) is 0 Å². The van der Waals surface area contributed by atoms with Crippen LogP contribution in [0.2, 0.25) is 0 Å². The van der Waals surface area contributed by atoms with E-state index in [0.29, 0.717) is 18.7 Å².